The van der Waals surface area contributed by atoms with Gasteiger partial charge in [-0.05, 0) is 37.6 Å². The van der Waals surface area contributed by atoms with Crippen LogP contribution >= 0.6 is 0 Å². The molecular formula is C13H18O3. The standard InChI is InChI=1S/C13H18O3/c1-9(10(2)14)7-11-5-6-12(15-3)8-13(11)16-4/h5-8,10,14H,1-4H3/b9-7-. The van der Waals surface area contributed by atoms with E-state index in [0.29, 0.717) is 0 Å². The monoisotopic (exact) mass is 222 g/mol. The fourth-order valence-corrected chi connectivity index (χ4v) is 1.30. The summed E-state index contributed by atoms with van der Waals surface area (Å²) in [6.45, 7) is 3.62. The molecule has 0 aromatic heterocycles. The molecule has 1 aromatic carbocycles. The first kappa shape index (κ1) is 12.6. The van der Waals surface area contributed by atoms with Crippen molar-refractivity contribution in [2.24, 2.45) is 0 Å². The van der Waals surface area contributed by atoms with Gasteiger partial charge in [-0.25, -0.2) is 0 Å². The third-order valence-corrected chi connectivity index (χ3v) is 2.48. The molecule has 1 unspecified atom stereocenters. The first-order valence-electron chi connectivity index (χ1n) is 5.16. The molecule has 0 saturated carbocycles. The van der Waals surface area contributed by atoms with Crippen LogP contribution in [-0.4, -0.2) is 25.4 Å². The number of ether oxygens (including phenoxy) is 2. The van der Waals surface area contributed by atoms with E-state index in [4.69, 9.17) is 9.47 Å². The smallest absolute Gasteiger partial charge is 0.129 e. The number of aliphatic hydroxyl groups is 1. The van der Waals surface area contributed by atoms with Gasteiger partial charge in [0.25, 0.3) is 0 Å². The number of aliphatic hydroxyl groups excluding tert-OH is 1. The normalized spacial score (nSPS) is 13.4. The summed E-state index contributed by atoms with van der Waals surface area (Å²) in [7, 11) is 3.23. The van der Waals surface area contributed by atoms with Gasteiger partial charge in [-0.1, -0.05) is 0 Å². The van der Waals surface area contributed by atoms with Crippen LogP contribution in [0.4, 0.5) is 0 Å². The van der Waals surface area contributed by atoms with E-state index in [9.17, 15) is 5.11 Å². The Hall–Kier alpha value is -1.48. The highest BCUT2D eigenvalue weighted by Gasteiger charge is 2.05. The molecule has 0 radical (unpaired) electrons. The Morgan fingerprint density at radius 3 is 2.50 bits per heavy atom. The zero-order chi connectivity index (χ0) is 12.1. The fraction of sp³-hybridized carbons (Fsp3) is 0.385. The predicted molar refractivity (Wildman–Crippen MR) is 64.9 cm³/mol. The number of methoxy groups -OCH3 is 2. The highest BCUT2D eigenvalue weighted by atomic mass is 16.5. The lowest BCUT2D eigenvalue weighted by Crippen LogP contribution is -2.00. The van der Waals surface area contributed by atoms with Crippen LogP contribution in [0.5, 0.6) is 11.5 Å². The van der Waals surface area contributed by atoms with E-state index < -0.39 is 6.10 Å². The van der Waals surface area contributed by atoms with Gasteiger partial charge in [-0.15, -0.1) is 0 Å². The Balaban J connectivity index is 3.09. The summed E-state index contributed by atoms with van der Waals surface area (Å²) in [5.41, 5.74) is 1.82. The zero-order valence-electron chi connectivity index (χ0n) is 10.2. The molecule has 1 rings (SSSR count). The summed E-state index contributed by atoms with van der Waals surface area (Å²) in [6.07, 6.45) is 1.45. The van der Waals surface area contributed by atoms with Crippen molar-refractivity contribution >= 4 is 6.08 Å². The maximum atomic E-state index is 9.41. The van der Waals surface area contributed by atoms with Crippen molar-refractivity contribution in [1.82, 2.24) is 0 Å². The molecule has 3 nitrogen and oxygen atoms in total. The van der Waals surface area contributed by atoms with Crippen LogP contribution in [0, 0.1) is 0 Å². The van der Waals surface area contributed by atoms with Crippen LogP contribution in [0.2, 0.25) is 0 Å². The molecule has 0 aliphatic carbocycles. The van der Waals surface area contributed by atoms with Crippen molar-refractivity contribution in [2.45, 2.75) is 20.0 Å². The third-order valence-electron chi connectivity index (χ3n) is 2.48. The summed E-state index contributed by atoms with van der Waals surface area (Å²) in [5.74, 6) is 1.49. The van der Waals surface area contributed by atoms with Crippen molar-refractivity contribution < 1.29 is 14.6 Å². The van der Waals surface area contributed by atoms with E-state index in [2.05, 4.69) is 0 Å². The highest BCUT2D eigenvalue weighted by molar-refractivity contribution is 5.61. The molecule has 3 heteroatoms. The molecule has 1 aromatic rings. The van der Waals surface area contributed by atoms with Crippen molar-refractivity contribution in [1.29, 1.82) is 0 Å². The quantitative estimate of drug-likeness (QED) is 0.850. The van der Waals surface area contributed by atoms with E-state index in [1.54, 1.807) is 21.1 Å². The second-order valence-electron chi connectivity index (χ2n) is 3.67. The lowest BCUT2D eigenvalue weighted by atomic mass is 10.1. The lowest BCUT2D eigenvalue weighted by molar-refractivity contribution is 0.232. The van der Waals surface area contributed by atoms with Crippen LogP contribution in [0.25, 0.3) is 6.08 Å². The second kappa shape index (κ2) is 5.56. The molecule has 16 heavy (non-hydrogen) atoms. The number of hydrogen-bond acceptors (Lipinski definition) is 3. The Morgan fingerprint density at radius 1 is 1.31 bits per heavy atom. The maximum Gasteiger partial charge on any atom is 0.129 e. The predicted octanol–water partition coefficient (Wildman–Crippen LogP) is 2.49. The first-order valence-corrected chi connectivity index (χ1v) is 5.16. The number of hydrogen-bond donors (Lipinski definition) is 1. The van der Waals surface area contributed by atoms with Gasteiger partial charge in [0, 0.05) is 11.6 Å². The summed E-state index contributed by atoms with van der Waals surface area (Å²) in [4.78, 5) is 0. The van der Waals surface area contributed by atoms with E-state index >= 15 is 0 Å². The molecule has 1 atom stereocenters. The van der Waals surface area contributed by atoms with Crippen molar-refractivity contribution in [3.05, 3.63) is 29.3 Å². The minimum atomic E-state index is -0.452. The Kier molecular flexibility index (Phi) is 4.38. The van der Waals surface area contributed by atoms with E-state index in [1.165, 1.54) is 0 Å². The molecular weight excluding hydrogens is 204 g/mol. The minimum Gasteiger partial charge on any atom is -0.497 e. The number of benzene rings is 1. The second-order valence-corrected chi connectivity index (χ2v) is 3.67. The molecule has 0 fully saturated rings. The third kappa shape index (κ3) is 3.00. The zero-order valence-corrected chi connectivity index (χ0v) is 10.2. The SMILES string of the molecule is COc1ccc(/C=C(/C)C(C)O)c(OC)c1. The lowest BCUT2D eigenvalue weighted by Gasteiger charge is -2.09. The van der Waals surface area contributed by atoms with Crippen LogP contribution in [-0.2, 0) is 0 Å². The van der Waals surface area contributed by atoms with E-state index in [-0.39, 0.29) is 0 Å². The molecule has 1 N–H and O–H groups in total. The van der Waals surface area contributed by atoms with Gasteiger partial charge in [-0.2, -0.15) is 0 Å². The summed E-state index contributed by atoms with van der Waals surface area (Å²) >= 11 is 0. The molecule has 88 valence electrons. The van der Waals surface area contributed by atoms with Crippen molar-refractivity contribution in [3.8, 4) is 11.5 Å². The van der Waals surface area contributed by atoms with Crippen molar-refractivity contribution in [2.75, 3.05) is 14.2 Å². The van der Waals surface area contributed by atoms with Crippen LogP contribution in [0.1, 0.15) is 19.4 Å². The van der Waals surface area contributed by atoms with E-state index in [1.807, 2.05) is 31.2 Å². The van der Waals surface area contributed by atoms with Crippen LogP contribution in [0.15, 0.2) is 23.8 Å². The van der Waals surface area contributed by atoms with Gasteiger partial charge in [0.15, 0.2) is 0 Å². The fourth-order valence-electron chi connectivity index (χ4n) is 1.30. The van der Waals surface area contributed by atoms with Gasteiger partial charge in [0.05, 0.1) is 20.3 Å². The average Bonchev–Trinajstić information content (AvgIpc) is 2.29. The Bertz CT molecular complexity index is 381. The van der Waals surface area contributed by atoms with Gasteiger partial charge < -0.3 is 14.6 Å². The van der Waals surface area contributed by atoms with Crippen LogP contribution < -0.4 is 9.47 Å². The van der Waals surface area contributed by atoms with Crippen molar-refractivity contribution in [3.63, 3.8) is 0 Å². The molecule has 0 bridgehead atoms. The van der Waals surface area contributed by atoms with Gasteiger partial charge in [-0.3, -0.25) is 0 Å². The van der Waals surface area contributed by atoms with Crippen LogP contribution in [0.3, 0.4) is 0 Å². The Morgan fingerprint density at radius 2 is 2.00 bits per heavy atom. The average molecular weight is 222 g/mol. The maximum absolute atomic E-state index is 9.41. The molecule has 0 aliphatic heterocycles. The highest BCUT2D eigenvalue weighted by Crippen LogP contribution is 2.26. The topological polar surface area (TPSA) is 38.7 Å². The summed E-state index contributed by atoms with van der Waals surface area (Å²) in [6, 6.07) is 5.59. The molecule has 0 amide bonds. The van der Waals surface area contributed by atoms with Gasteiger partial charge in [0.1, 0.15) is 11.5 Å². The van der Waals surface area contributed by atoms with Gasteiger partial charge >= 0.3 is 0 Å². The largest absolute Gasteiger partial charge is 0.497 e. The first-order chi connectivity index (χ1) is 7.58. The molecule has 0 spiro atoms. The number of rotatable bonds is 4. The summed E-state index contributed by atoms with van der Waals surface area (Å²) < 4.78 is 10.4. The van der Waals surface area contributed by atoms with Gasteiger partial charge in [0.2, 0.25) is 0 Å². The Labute approximate surface area is 96.3 Å². The summed E-state index contributed by atoms with van der Waals surface area (Å²) in [5, 5.41) is 9.41. The minimum absolute atomic E-state index is 0.452. The molecule has 0 aliphatic rings. The van der Waals surface area contributed by atoms with E-state index in [0.717, 1.165) is 22.6 Å². The molecule has 0 heterocycles. The molecule has 0 saturated heterocycles.